The zero-order chi connectivity index (χ0) is 11.4. The van der Waals surface area contributed by atoms with Gasteiger partial charge in [0.05, 0.1) is 18.6 Å². The first-order valence-corrected chi connectivity index (χ1v) is 6.06. The standard InChI is InChI=1S/C11H20ClNO2/c1-7(5-12)9(3)13-11(14)10-4-8(2)15-6-10/h7-10H,4-6H2,1-3H3,(H,13,14). The van der Waals surface area contributed by atoms with Crippen molar-refractivity contribution in [1.29, 1.82) is 0 Å². The average Bonchev–Trinajstić information content (AvgIpc) is 2.63. The Morgan fingerprint density at radius 1 is 1.60 bits per heavy atom. The fraction of sp³-hybridized carbons (Fsp3) is 0.909. The van der Waals surface area contributed by atoms with Crippen molar-refractivity contribution in [1.82, 2.24) is 5.32 Å². The maximum absolute atomic E-state index is 11.8. The third-order valence-corrected chi connectivity index (χ3v) is 3.52. The first-order chi connectivity index (χ1) is 7.04. The molecule has 0 saturated carbocycles. The minimum Gasteiger partial charge on any atom is -0.378 e. The molecule has 1 amide bonds. The zero-order valence-electron chi connectivity index (χ0n) is 9.63. The average molecular weight is 234 g/mol. The molecule has 1 rings (SSSR count). The van der Waals surface area contributed by atoms with E-state index in [-0.39, 0.29) is 24.0 Å². The summed E-state index contributed by atoms with van der Waals surface area (Å²) in [6.07, 6.45) is 1.04. The van der Waals surface area contributed by atoms with E-state index in [2.05, 4.69) is 5.32 Å². The van der Waals surface area contributed by atoms with E-state index in [1.807, 2.05) is 20.8 Å². The summed E-state index contributed by atoms with van der Waals surface area (Å²) in [5.41, 5.74) is 0. The van der Waals surface area contributed by atoms with Gasteiger partial charge in [0.15, 0.2) is 0 Å². The Kier molecular flexibility index (Phi) is 4.87. The molecule has 3 nitrogen and oxygen atoms in total. The van der Waals surface area contributed by atoms with Crippen LogP contribution in [0.1, 0.15) is 27.2 Å². The van der Waals surface area contributed by atoms with Crippen LogP contribution in [0.2, 0.25) is 0 Å². The van der Waals surface area contributed by atoms with Gasteiger partial charge in [-0.05, 0) is 26.2 Å². The predicted octanol–water partition coefficient (Wildman–Crippen LogP) is 1.79. The highest BCUT2D eigenvalue weighted by molar-refractivity contribution is 6.18. The van der Waals surface area contributed by atoms with E-state index in [0.717, 1.165) is 6.42 Å². The Bertz CT molecular complexity index is 223. The number of alkyl halides is 1. The number of halogens is 1. The molecule has 1 saturated heterocycles. The highest BCUT2D eigenvalue weighted by atomic mass is 35.5. The number of hydrogen-bond donors (Lipinski definition) is 1. The Hall–Kier alpha value is -0.280. The summed E-state index contributed by atoms with van der Waals surface area (Å²) in [5, 5.41) is 2.99. The molecule has 4 heteroatoms. The Morgan fingerprint density at radius 2 is 2.27 bits per heavy atom. The van der Waals surface area contributed by atoms with Crippen molar-refractivity contribution in [3.63, 3.8) is 0 Å². The van der Waals surface area contributed by atoms with Gasteiger partial charge in [0, 0.05) is 11.9 Å². The number of hydrogen-bond acceptors (Lipinski definition) is 2. The lowest BCUT2D eigenvalue weighted by Crippen LogP contribution is -2.41. The molecular weight excluding hydrogens is 214 g/mol. The minimum absolute atomic E-state index is 0.0185. The molecule has 0 aromatic heterocycles. The molecule has 0 aromatic rings. The van der Waals surface area contributed by atoms with E-state index in [1.54, 1.807) is 0 Å². The Morgan fingerprint density at radius 3 is 2.73 bits per heavy atom. The monoisotopic (exact) mass is 233 g/mol. The highest BCUT2D eigenvalue weighted by Crippen LogP contribution is 2.19. The maximum Gasteiger partial charge on any atom is 0.225 e. The zero-order valence-corrected chi connectivity index (χ0v) is 10.4. The van der Waals surface area contributed by atoms with Crippen LogP contribution in [0.25, 0.3) is 0 Å². The summed E-state index contributed by atoms with van der Waals surface area (Å²) in [4.78, 5) is 11.8. The van der Waals surface area contributed by atoms with Crippen molar-refractivity contribution in [3.05, 3.63) is 0 Å². The summed E-state index contributed by atoms with van der Waals surface area (Å²) in [6, 6.07) is 0.130. The number of nitrogens with one attached hydrogen (secondary N) is 1. The smallest absolute Gasteiger partial charge is 0.225 e. The van der Waals surface area contributed by atoms with Crippen molar-refractivity contribution in [2.45, 2.75) is 39.3 Å². The van der Waals surface area contributed by atoms with E-state index in [4.69, 9.17) is 16.3 Å². The normalized spacial score (nSPS) is 29.9. The second-order valence-electron chi connectivity index (χ2n) is 4.51. The number of amides is 1. The second kappa shape index (κ2) is 5.71. The van der Waals surface area contributed by atoms with Crippen LogP contribution in [0.3, 0.4) is 0 Å². The molecule has 0 aliphatic carbocycles. The topological polar surface area (TPSA) is 38.3 Å². The lowest BCUT2D eigenvalue weighted by atomic mass is 10.0. The van der Waals surface area contributed by atoms with Crippen LogP contribution in [0, 0.1) is 11.8 Å². The molecular formula is C11H20ClNO2. The van der Waals surface area contributed by atoms with Crippen LogP contribution in [0.5, 0.6) is 0 Å². The van der Waals surface area contributed by atoms with Crippen LogP contribution in [-0.4, -0.2) is 30.5 Å². The van der Waals surface area contributed by atoms with Crippen LogP contribution in [-0.2, 0) is 9.53 Å². The van der Waals surface area contributed by atoms with Gasteiger partial charge in [-0.15, -0.1) is 11.6 Å². The van der Waals surface area contributed by atoms with Crippen molar-refractivity contribution in [2.24, 2.45) is 11.8 Å². The van der Waals surface area contributed by atoms with Gasteiger partial charge in [-0.2, -0.15) is 0 Å². The molecule has 4 atom stereocenters. The fourth-order valence-electron chi connectivity index (χ4n) is 1.62. The molecule has 1 heterocycles. The SMILES string of the molecule is CC1CC(C(=O)NC(C)C(C)CCl)CO1. The van der Waals surface area contributed by atoms with Crippen molar-refractivity contribution in [3.8, 4) is 0 Å². The van der Waals surface area contributed by atoms with Crippen LogP contribution in [0.4, 0.5) is 0 Å². The molecule has 0 bridgehead atoms. The van der Waals surface area contributed by atoms with Gasteiger partial charge in [-0.1, -0.05) is 6.92 Å². The Balaban J connectivity index is 2.35. The Labute approximate surface area is 96.5 Å². The summed E-state index contributed by atoms with van der Waals surface area (Å²) in [6.45, 7) is 6.57. The first kappa shape index (κ1) is 12.8. The summed E-state index contributed by atoms with van der Waals surface area (Å²) < 4.78 is 5.37. The third kappa shape index (κ3) is 3.65. The number of carbonyl (C=O) groups excluding carboxylic acids is 1. The predicted molar refractivity (Wildman–Crippen MR) is 61.0 cm³/mol. The van der Waals surface area contributed by atoms with Crippen LogP contribution >= 0.6 is 11.6 Å². The lowest BCUT2D eigenvalue weighted by Gasteiger charge is -2.20. The van der Waals surface area contributed by atoms with Crippen LogP contribution < -0.4 is 5.32 Å². The highest BCUT2D eigenvalue weighted by Gasteiger charge is 2.29. The second-order valence-corrected chi connectivity index (χ2v) is 4.81. The third-order valence-electron chi connectivity index (χ3n) is 3.04. The number of carbonyl (C=O) groups is 1. The van der Waals surface area contributed by atoms with Gasteiger partial charge in [-0.3, -0.25) is 4.79 Å². The molecule has 1 aliphatic heterocycles. The number of rotatable bonds is 4. The van der Waals surface area contributed by atoms with Gasteiger partial charge in [0.2, 0.25) is 5.91 Å². The molecule has 4 unspecified atom stereocenters. The van der Waals surface area contributed by atoms with Crippen molar-refractivity contribution in [2.75, 3.05) is 12.5 Å². The molecule has 0 radical (unpaired) electrons. The van der Waals surface area contributed by atoms with E-state index >= 15 is 0 Å². The fourth-order valence-corrected chi connectivity index (χ4v) is 1.89. The quantitative estimate of drug-likeness (QED) is 0.752. The molecule has 0 spiro atoms. The van der Waals surface area contributed by atoms with Crippen molar-refractivity contribution >= 4 is 17.5 Å². The van der Waals surface area contributed by atoms with Crippen LogP contribution in [0.15, 0.2) is 0 Å². The van der Waals surface area contributed by atoms with Gasteiger partial charge < -0.3 is 10.1 Å². The van der Waals surface area contributed by atoms with E-state index in [9.17, 15) is 4.79 Å². The van der Waals surface area contributed by atoms with Crippen molar-refractivity contribution < 1.29 is 9.53 Å². The van der Waals surface area contributed by atoms with E-state index in [1.165, 1.54) is 0 Å². The molecule has 1 aliphatic rings. The lowest BCUT2D eigenvalue weighted by molar-refractivity contribution is -0.125. The summed E-state index contributed by atoms with van der Waals surface area (Å²) in [5.74, 6) is 0.989. The first-order valence-electron chi connectivity index (χ1n) is 5.52. The molecule has 1 fully saturated rings. The summed E-state index contributed by atoms with van der Waals surface area (Å²) >= 11 is 5.74. The minimum atomic E-state index is 0.0185. The largest absolute Gasteiger partial charge is 0.378 e. The van der Waals surface area contributed by atoms with Gasteiger partial charge >= 0.3 is 0 Å². The van der Waals surface area contributed by atoms with E-state index < -0.39 is 0 Å². The number of ether oxygens (including phenoxy) is 1. The summed E-state index contributed by atoms with van der Waals surface area (Å²) in [7, 11) is 0. The molecule has 88 valence electrons. The van der Waals surface area contributed by atoms with Gasteiger partial charge in [0.25, 0.3) is 0 Å². The molecule has 15 heavy (non-hydrogen) atoms. The van der Waals surface area contributed by atoms with Gasteiger partial charge in [0.1, 0.15) is 0 Å². The maximum atomic E-state index is 11.8. The molecule has 1 N–H and O–H groups in total. The van der Waals surface area contributed by atoms with E-state index in [0.29, 0.717) is 18.4 Å². The molecule has 0 aromatic carbocycles. The van der Waals surface area contributed by atoms with Gasteiger partial charge in [-0.25, -0.2) is 0 Å².